The van der Waals surface area contributed by atoms with E-state index in [0.717, 1.165) is 46.9 Å². The molecule has 3 aromatic carbocycles. The van der Waals surface area contributed by atoms with Crippen LogP contribution in [-0.2, 0) is 21.2 Å². The molecule has 0 aliphatic carbocycles. The van der Waals surface area contributed by atoms with Crippen LogP contribution >= 0.6 is 0 Å². The van der Waals surface area contributed by atoms with E-state index in [0.29, 0.717) is 24.3 Å². The number of methoxy groups -OCH3 is 1. The molecule has 2 unspecified atom stereocenters. The van der Waals surface area contributed by atoms with Crippen molar-refractivity contribution >= 4 is 32.7 Å². The van der Waals surface area contributed by atoms with Crippen molar-refractivity contribution in [2.24, 2.45) is 5.92 Å². The number of aromatic amines is 1. The van der Waals surface area contributed by atoms with Crippen LogP contribution in [0.5, 0.6) is 5.75 Å². The summed E-state index contributed by atoms with van der Waals surface area (Å²) in [6.07, 6.45) is 5.29. The molecule has 0 saturated carbocycles. The lowest BCUT2D eigenvalue weighted by Crippen LogP contribution is -2.31. The highest BCUT2D eigenvalue weighted by Gasteiger charge is 2.25. The van der Waals surface area contributed by atoms with Gasteiger partial charge in [-0.1, -0.05) is 57.5 Å². The quantitative estimate of drug-likeness (QED) is 0.167. The van der Waals surface area contributed by atoms with Gasteiger partial charge in [-0.3, -0.25) is 9.59 Å². The maximum absolute atomic E-state index is 13.1. The lowest BCUT2D eigenvalue weighted by molar-refractivity contribution is -0.124. The molecule has 1 heterocycles. The predicted molar refractivity (Wildman–Crippen MR) is 170 cm³/mol. The van der Waals surface area contributed by atoms with Gasteiger partial charge in [0.1, 0.15) is 5.75 Å². The Hall–Kier alpha value is -4.11. The van der Waals surface area contributed by atoms with Gasteiger partial charge in [0.25, 0.3) is 15.9 Å². The van der Waals surface area contributed by atoms with Crippen molar-refractivity contribution < 1.29 is 22.7 Å². The Morgan fingerprint density at radius 2 is 1.74 bits per heavy atom. The lowest BCUT2D eigenvalue weighted by atomic mass is 9.85. The molecule has 2 amide bonds. The van der Waals surface area contributed by atoms with Gasteiger partial charge >= 0.3 is 0 Å². The summed E-state index contributed by atoms with van der Waals surface area (Å²) < 4.78 is 33.8. The Balaban J connectivity index is 1.64. The van der Waals surface area contributed by atoms with Crippen LogP contribution in [0.1, 0.15) is 78.6 Å². The molecule has 0 fully saturated rings. The third-order valence-electron chi connectivity index (χ3n) is 7.75. The topological polar surface area (TPSA) is 117 Å². The molecule has 43 heavy (non-hydrogen) atoms. The first-order valence-corrected chi connectivity index (χ1v) is 16.3. The molecule has 4 rings (SSSR count). The second-order valence-electron chi connectivity index (χ2n) is 11.0. The lowest BCUT2D eigenvalue weighted by Gasteiger charge is -2.20. The Bertz CT molecular complexity index is 1710. The van der Waals surface area contributed by atoms with E-state index in [-0.39, 0.29) is 28.2 Å². The second-order valence-corrected chi connectivity index (χ2v) is 12.7. The van der Waals surface area contributed by atoms with E-state index in [2.05, 4.69) is 34.1 Å². The number of rotatable bonds is 13. The third-order valence-corrected chi connectivity index (χ3v) is 9.24. The number of carbonyl (C=O) groups excluding carboxylic acids is 2. The van der Waals surface area contributed by atoms with E-state index in [1.807, 2.05) is 32.2 Å². The van der Waals surface area contributed by atoms with E-state index in [1.165, 1.54) is 6.07 Å². The highest BCUT2D eigenvalue weighted by atomic mass is 32.2. The highest BCUT2D eigenvalue weighted by molar-refractivity contribution is 7.90. The zero-order valence-electron chi connectivity index (χ0n) is 25.5. The van der Waals surface area contributed by atoms with Gasteiger partial charge < -0.3 is 15.0 Å². The van der Waals surface area contributed by atoms with Crippen molar-refractivity contribution in [2.75, 3.05) is 13.7 Å². The first-order valence-electron chi connectivity index (χ1n) is 14.8. The van der Waals surface area contributed by atoms with Gasteiger partial charge in [0.15, 0.2) is 0 Å². The predicted octanol–water partition coefficient (Wildman–Crippen LogP) is 6.24. The smallest absolute Gasteiger partial charge is 0.265 e. The van der Waals surface area contributed by atoms with Gasteiger partial charge in [0.2, 0.25) is 5.91 Å². The number of hydrogen-bond donors (Lipinski definition) is 3. The van der Waals surface area contributed by atoms with Crippen molar-refractivity contribution in [1.29, 1.82) is 0 Å². The van der Waals surface area contributed by atoms with Crippen molar-refractivity contribution in [1.82, 2.24) is 15.0 Å². The molecule has 0 aliphatic rings. The van der Waals surface area contributed by atoms with Gasteiger partial charge in [-0.2, -0.15) is 0 Å². The Kier molecular flexibility index (Phi) is 10.3. The number of H-pyrrole nitrogens is 1. The number of hydrogen-bond acceptors (Lipinski definition) is 5. The van der Waals surface area contributed by atoms with Gasteiger partial charge in [0, 0.05) is 46.6 Å². The summed E-state index contributed by atoms with van der Waals surface area (Å²) >= 11 is 0. The number of benzene rings is 3. The summed E-state index contributed by atoms with van der Waals surface area (Å²) in [6.45, 7) is 8.46. The van der Waals surface area contributed by atoms with Crippen LogP contribution in [0, 0.1) is 12.8 Å². The first kappa shape index (κ1) is 31.8. The molecule has 0 saturated heterocycles. The van der Waals surface area contributed by atoms with E-state index in [1.54, 1.807) is 44.4 Å². The number of amides is 2. The average molecular weight is 604 g/mol. The molecule has 9 heteroatoms. The van der Waals surface area contributed by atoms with Crippen LogP contribution < -0.4 is 14.8 Å². The summed E-state index contributed by atoms with van der Waals surface area (Å²) in [7, 11) is -2.50. The molecule has 0 bridgehead atoms. The number of fused-ring (bicyclic) bond motifs is 1. The molecule has 0 aliphatic heterocycles. The number of nitrogens with one attached hydrogen (secondary N) is 3. The molecule has 4 aromatic rings. The molecule has 0 radical (unpaired) electrons. The van der Waals surface area contributed by atoms with Crippen LogP contribution in [0.25, 0.3) is 10.9 Å². The Labute approximate surface area is 254 Å². The average Bonchev–Trinajstić information content (AvgIpc) is 3.41. The zero-order valence-corrected chi connectivity index (χ0v) is 26.3. The van der Waals surface area contributed by atoms with Crippen LogP contribution in [0.2, 0.25) is 0 Å². The fourth-order valence-corrected chi connectivity index (χ4v) is 6.70. The fraction of sp³-hybridized carbons (Fsp3) is 0.353. The van der Waals surface area contributed by atoms with Gasteiger partial charge in [-0.05, 0) is 73.2 Å². The first-order chi connectivity index (χ1) is 20.6. The maximum atomic E-state index is 13.1. The summed E-state index contributed by atoms with van der Waals surface area (Å²) in [4.78, 5) is 29.0. The number of aryl methyl sites for hydroxylation is 1. The molecule has 1 aromatic heterocycles. The summed E-state index contributed by atoms with van der Waals surface area (Å²) in [5, 5.41) is 4.05. The monoisotopic (exact) mass is 603 g/mol. The van der Waals surface area contributed by atoms with Crippen LogP contribution in [0.4, 0.5) is 0 Å². The number of ether oxygens (including phenoxy) is 1. The van der Waals surface area contributed by atoms with Gasteiger partial charge in [0.05, 0.1) is 12.0 Å². The molecule has 228 valence electrons. The molecule has 2 atom stereocenters. The Morgan fingerprint density at radius 3 is 2.44 bits per heavy atom. The summed E-state index contributed by atoms with van der Waals surface area (Å²) in [5.41, 5.74) is 4.82. The SMILES string of the molecule is CCCNC(=O)C(C)Cc1ccc2[nH]cc(C(CCC)c3ccc(C(=O)NS(=O)(=O)c4ccccc4C)cc3OC)c2c1. The molecular weight excluding hydrogens is 562 g/mol. The van der Waals surface area contributed by atoms with Crippen LogP contribution in [0.15, 0.2) is 71.8 Å². The molecular formula is C34H41N3O5S. The maximum Gasteiger partial charge on any atom is 0.265 e. The van der Waals surface area contributed by atoms with Crippen molar-refractivity contribution in [3.05, 3.63) is 94.7 Å². The highest BCUT2D eigenvalue weighted by Crippen LogP contribution is 2.39. The number of sulfonamides is 1. The molecule has 3 N–H and O–H groups in total. The van der Waals surface area contributed by atoms with E-state index < -0.39 is 15.9 Å². The Morgan fingerprint density at radius 1 is 0.977 bits per heavy atom. The normalized spacial score (nSPS) is 13.0. The third kappa shape index (κ3) is 7.28. The number of aromatic nitrogens is 1. The van der Waals surface area contributed by atoms with Crippen molar-refractivity contribution in [3.8, 4) is 5.75 Å². The van der Waals surface area contributed by atoms with Crippen molar-refractivity contribution in [2.45, 2.75) is 64.2 Å². The zero-order chi connectivity index (χ0) is 31.1. The minimum absolute atomic E-state index is 0.0398. The summed E-state index contributed by atoms with van der Waals surface area (Å²) in [5.74, 6) is -0.353. The largest absolute Gasteiger partial charge is 0.496 e. The van der Waals surface area contributed by atoms with Crippen molar-refractivity contribution in [3.63, 3.8) is 0 Å². The summed E-state index contributed by atoms with van der Waals surface area (Å²) in [6, 6.07) is 17.9. The van der Waals surface area contributed by atoms with Gasteiger partial charge in [-0.25, -0.2) is 13.1 Å². The van der Waals surface area contributed by atoms with Crippen LogP contribution in [-0.4, -0.2) is 38.9 Å². The minimum atomic E-state index is -4.05. The van der Waals surface area contributed by atoms with Crippen LogP contribution in [0.3, 0.4) is 0 Å². The van der Waals surface area contributed by atoms with E-state index >= 15 is 0 Å². The number of carbonyl (C=O) groups is 2. The van der Waals surface area contributed by atoms with Gasteiger partial charge in [-0.15, -0.1) is 0 Å². The second kappa shape index (κ2) is 13.9. The molecule has 8 nitrogen and oxygen atoms in total. The fourth-order valence-electron chi connectivity index (χ4n) is 5.47. The minimum Gasteiger partial charge on any atom is -0.496 e. The van der Waals surface area contributed by atoms with E-state index in [4.69, 9.17) is 4.74 Å². The van der Waals surface area contributed by atoms with E-state index in [9.17, 15) is 18.0 Å². The molecule has 0 spiro atoms. The standard InChI is InChI=1S/C34H41N3O5S/c1-6-10-26(29-21-36-30-16-13-24(19-28(29)30)18-23(4)33(38)35-17-7-2)27-15-14-25(20-31(27)42-5)34(39)37-43(40,41)32-12-9-8-11-22(32)3/h8-9,11-16,19-21,23,26,36H,6-7,10,17-18H2,1-5H3,(H,35,38)(H,37,39).